The molecule has 1 aromatic heterocycles. The topological polar surface area (TPSA) is 116 Å². The van der Waals surface area contributed by atoms with Crippen molar-refractivity contribution in [2.45, 2.75) is 19.4 Å². The number of carbonyl (C=O) groups excluding carboxylic acids is 3. The van der Waals surface area contributed by atoms with Crippen LogP contribution in [0.3, 0.4) is 0 Å². The first-order chi connectivity index (χ1) is 14.3. The molecule has 0 bridgehead atoms. The van der Waals surface area contributed by atoms with Crippen molar-refractivity contribution in [3.63, 3.8) is 0 Å². The fourth-order valence-electron chi connectivity index (χ4n) is 3.58. The Morgan fingerprint density at radius 2 is 2.03 bits per heavy atom. The Bertz CT molecular complexity index is 1170. The number of carbonyl (C=O) groups is 3. The van der Waals surface area contributed by atoms with Crippen LogP contribution in [-0.2, 0) is 15.1 Å². The van der Waals surface area contributed by atoms with Crippen LogP contribution < -0.4 is 15.4 Å². The Kier molecular flexibility index (Phi) is 4.65. The fourth-order valence-corrected chi connectivity index (χ4v) is 3.58. The van der Waals surface area contributed by atoms with E-state index in [4.69, 9.17) is 4.74 Å². The number of aryl methyl sites for hydroxylation is 1. The van der Waals surface area contributed by atoms with Crippen LogP contribution in [0, 0.1) is 6.92 Å². The largest absolute Gasteiger partial charge is 0.496 e. The first kappa shape index (κ1) is 19.4. The summed E-state index contributed by atoms with van der Waals surface area (Å²) in [5, 5.41) is 13.1. The molecular weight excluding hydrogens is 386 g/mol. The lowest BCUT2D eigenvalue weighted by atomic mass is 9.90. The Morgan fingerprint density at radius 3 is 2.77 bits per heavy atom. The predicted octanol–water partition coefficient (Wildman–Crippen LogP) is 2.29. The summed E-state index contributed by atoms with van der Waals surface area (Å²) in [5.74, 6) is -0.284. The van der Waals surface area contributed by atoms with E-state index in [2.05, 4.69) is 20.8 Å². The van der Waals surface area contributed by atoms with Crippen molar-refractivity contribution in [2.24, 2.45) is 0 Å². The Balaban J connectivity index is 1.50. The number of amides is 4. The number of imide groups is 1. The summed E-state index contributed by atoms with van der Waals surface area (Å²) in [6.45, 7) is 3.09. The molecule has 154 valence electrons. The zero-order valence-electron chi connectivity index (χ0n) is 16.8. The molecule has 4 rings (SSSR count). The molecule has 3 aromatic rings. The van der Waals surface area contributed by atoms with Crippen LogP contribution in [0.2, 0.25) is 0 Å². The molecule has 1 fully saturated rings. The van der Waals surface area contributed by atoms with Crippen molar-refractivity contribution < 1.29 is 19.1 Å². The van der Waals surface area contributed by atoms with Crippen molar-refractivity contribution in [1.29, 1.82) is 0 Å². The van der Waals surface area contributed by atoms with Crippen molar-refractivity contribution in [3.05, 3.63) is 53.7 Å². The Hall–Kier alpha value is -3.88. The highest BCUT2D eigenvalue weighted by Gasteiger charge is 2.49. The predicted molar refractivity (Wildman–Crippen MR) is 110 cm³/mol. The van der Waals surface area contributed by atoms with Crippen molar-refractivity contribution in [1.82, 2.24) is 20.4 Å². The van der Waals surface area contributed by atoms with E-state index >= 15 is 0 Å². The van der Waals surface area contributed by atoms with Crippen LogP contribution >= 0.6 is 0 Å². The molecule has 30 heavy (non-hydrogen) atoms. The number of nitrogens with one attached hydrogen (secondary N) is 3. The van der Waals surface area contributed by atoms with Gasteiger partial charge >= 0.3 is 6.03 Å². The van der Waals surface area contributed by atoms with Gasteiger partial charge in [0.2, 0.25) is 5.91 Å². The number of aromatic nitrogens is 2. The maximum absolute atomic E-state index is 13.0. The number of hydrogen-bond acceptors (Lipinski definition) is 5. The van der Waals surface area contributed by atoms with Gasteiger partial charge in [-0.3, -0.25) is 19.6 Å². The highest BCUT2D eigenvalue weighted by Crippen LogP contribution is 2.31. The molecule has 3 N–H and O–H groups in total. The van der Waals surface area contributed by atoms with Gasteiger partial charge in [0.15, 0.2) is 0 Å². The molecular formula is C21H21N5O4. The average Bonchev–Trinajstić information content (AvgIpc) is 3.26. The maximum Gasteiger partial charge on any atom is 0.325 e. The molecule has 1 aliphatic heterocycles. The van der Waals surface area contributed by atoms with Gasteiger partial charge in [-0.25, -0.2) is 4.79 Å². The third-order valence-electron chi connectivity index (χ3n) is 5.27. The fraction of sp³-hybridized carbons (Fsp3) is 0.238. The molecule has 0 radical (unpaired) electrons. The van der Waals surface area contributed by atoms with Crippen molar-refractivity contribution >= 4 is 34.4 Å². The lowest BCUT2D eigenvalue weighted by Crippen LogP contribution is -2.42. The average molecular weight is 407 g/mol. The molecule has 1 aliphatic rings. The molecule has 0 aliphatic carbocycles. The van der Waals surface area contributed by atoms with Gasteiger partial charge in [0, 0.05) is 11.1 Å². The van der Waals surface area contributed by atoms with E-state index in [0.717, 1.165) is 21.4 Å². The summed E-state index contributed by atoms with van der Waals surface area (Å²) in [7, 11) is 1.57. The van der Waals surface area contributed by atoms with Gasteiger partial charge in [0.1, 0.15) is 17.8 Å². The summed E-state index contributed by atoms with van der Waals surface area (Å²) in [5.41, 5.74) is 1.50. The van der Waals surface area contributed by atoms with Gasteiger partial charge in [0.05, 0.1) is 18.8 Å². The second kappa shape index (κ2) is 7.18. The normalized spacial score (nSPS) is 18.6. The van der Waals surface area contributed by atoms with Gasteiger partial charge in [-0.1, -0.05) is 6.07 Å². The Labute approximate surface area is 172 Å². The van der Waals surface area contributed by atoms with Crippen LogP contribution in [0.4, 0.5) is 10.5 Å². The first-order valence-electron chi connectivity index (χ1n) is 9.34. The lowest BCUT2D eigenvalue weighted by molar-refractivity contribution is -0.133. The standard InChI is InChI=1S/C21H21N5O4/c1-12-8-14(5-7-17(12)30-3)21(2)19(28)26(20(29)24-21)11-18(27)23-15-6-4-13-10-22-25-16(13)9-15/h4-10H,11H2,1-3H3,(H,22,25)(H,23,27)(H,24,29). The summed E-state index contributed by atoms with van der Waals surface area (Å²) in [6.07, 6.45) is 1.68. The molecule has 9 nitrogen and oxygen atoms in total. The van der Waals surface area contributed by atoms with Gasteiger partial charge in [0.25, 0.3) is 5.91 Å². The number of H-pyrrole nitrogens is 1. The lowest BCUT2D eigenvalue weighted by Gasteiger charge is -2.23. The SMILES string of the molecule is COc1ccc(C2(C)NC(=O)N(CC(=O)Nc3ccc4cn[nH]c4c3)C2=O)cc1C. The van der Waals surface area contributed by atoms with E-state index in [1.807, 2.05) is 13.0 Å². The van der Waals surface area contributed by atoms with E-state index in [0.29, 0.717) is 17.0 Å². The molecule has 0 spiro atoms. The second-order valence-corrected chi connectivity index (χ2v) is 7.35. The molecule has 1 saturated heterocycles. The number of hydrogen-bond donors (Lipinski definition) is 3. The third-order valence-corrected chi connectivity index (χ3v) is 5.27. The number of anilines is 1. The number of aromatic amines is 1. The van der Waals surface area contributed by atoms with Gasteiger partial charge < -0.3 is 15.4 Å². The number of nitrogens with zero attached hydrogens (tertiary/aromatic N) is 2. The highest BCUT2D eigenvalue weighted by molar-refractivity contribution is 6.10. The first-order valence-corrected chi connectivity index (χ1v) is 9.34. The van der Waals surface area contributed by atoms with Gasteiger partial charge in [-0.2, -0.15) is 5.10 Å². The molecule has 2 heterocycles. The second-order valence-electron chi connectivity index (χ2n) is 7.35. The van der Waals surface area contributed by atoms with Gasteiger partial charge in [-0.05, 0) is 55.3 Å². The highest BCUT2D eigenvalue weighted by atomic mass is 16.5. The van der Waals surface area contributed by atoms with E-state index in [9.17, 15) is 14.4 Å². The molecule has 2 aromatic carbocycles. The smallest absolute Gasteiger partial charge is 0.325 e. The minimum atomic E-state index is -1.26. The number of urea groups is 1. The number of methoxy groups -OCH3 is 1. The van der Waals surface area contributed by atoms with Crippen LogP contribution in [0.25, 0.3) is 10.9 Å². The van der Waals surface area contributed by atoms with Crippen LogP contribution in [0.15, 0.2) is 42.6 Å². The summed E-state index contributed by atoms with van der Waals surface area (Å²) in [6, 6.07) is 9.92. The maximum atomic E-state index is 13.0. The van der Waals surface area contributed by atoms with E-state index in [1.54, 1.807) is 50.6 Å². The zero-order valence-corrected chi connectivity index (χ0v) is 16.8. The van der Waals surface area contributed by atoms with Crippen LogP contribution in [0.5, 0.6) is 5.75 Å². The van der Waals surface area contributed by atoms with E-state index in [-0.39, 0.29) is 0 Å². The van der Waals surface area contributed by atoms with E-state index < -0.39 is 29.9 Å². The molecule has 4 amide bonds. The zero-order chi connectivity index (χ0) is 21.5. The molecule has 1 unspecified atom stereocenters. The Morgan fingerprint density at radius 1 is 1.23 bits per heavy atom. The number of rotatable bonds is 5. The van der Waals surface area contributed by atoms with E-state index in [1.165, 1.54) is 0 Å². The van der Waals surface area contributed by atoms with Crippen LogP contribution in [0.1, 0.15) is 18.1 Å². The number of ether oxygens (including phenoxy) is 1. The summed E-state index contributed by atoms with van der Waals surface area (Å²) in [4.78, 5) is 38.9. The number of fused-ring (bicyclic) bond motifs is 1. The molecule has 1 atom stereocenters. The molecule has 0 saturated carbocycles. The van der Waals surface area contributed by atoms with Crippen LogP contribution in [-0.4, -0.2) is 46.6 Å². The van der Waals surface area contributed by atoms with Crippen molar-refractivity contribution in [2.75, 3.05) is 19.0 Å². The summed E-state index contributed by atoms with van der Waals surface area (Å²) < 4.78 is 5.25. The third kappa shape index (κ3) is 3.24. The minimum Gasteiger partial charge on any atom is -0.496 e. The van der Waals surface area contributed by atoms with Crippen molar-refractivity contribution in [3.8, 4) is 5.75 Å². The monoisotopic (exact) mass is 407 g/mol. The number of benzene rings is 2. The molecule has 9 heteroatoms. The quantitative estimate of drug-likeness (QED) is 0.561. The minimum absolute atomic E-state index is 0.392. The van der Waals surface area contributed by atoms with Gasteiger partial charge in [-0.15, -0.1) is 0 Å². The summed E-state index contributed by atoms with van der Waals surface area (Å²) >= 11 is 0.